The first-order chi connectivity index (χ1) is 13.0. The molecule has 7 nitrogen and oxygen atoms in total. The van der Waals surface area contributed by atoms with Gasteiger partial charge in [-0.15, -0.1) is 11.3 Å². The second-order valence-electron chi connectivity index (χ2n) is 5.63. The summed E-state index contributed by atoms with van der Waals surface area (Å²) in [6, 6.07) is 9.14. The van der Waals surface area contributed by atoms with Gasteiger partial charge in [-0.05, 0) is 19.1 Å². The Kier molecular flexibility index (Phi) is 5.69. The van der Waals surface area contributed by atoms with Crippen molar-refractivity contribution in [3.05, 3.63) is 45.9 Å². The van der Waals surface area contributed by atoms with Crippen LogP contribution in [0.4, 0.5) is 11.5 Å². The van der Waals surface area contributed by atoms with Crippen molar-refractivity contribution in [3.8, 4) is 17.3 Å². The number of thioether (sulfide) groups is 1. The van der Waals surface area contributed by atoms with E-state index in [4.69, 9.17) is 5.73 Å². The maximum Gasteiger partial charge on any atom is 0.221 e. The number of anilines is 2. The molecular formula is C18H16N6OS2. The third-order valence-electron chi connectivity index (χ3n) is 3.52. The summed E-state index contributed by atoms with van der Waals surface area (Å²) in [5, 5.41) is 15.6. The Labute approximate surface area is 164 Å². The summed E-state index contributed by atoms with van der Waals surface area (Å²) in [5.41, 5.74) is 9.03. The third-order valence-corrected chi connectivity index (χ3v) is 5.23. The van der Waals surface area contributed by atoms with E-state index in [9.17, 15) is 10.1 Å². The van der Waals surface area contributed by atoms with Gasteiger partial charge >= 0.3 is 0 Å². The molecular weight excluding hydrogens is 380 g/mol. The van der Waals surface area contributed by atoms with Crippen molar-refractivity contribution in [1.82, 2.24) is 15.0 Å². The fourth-order valence-electron chi connectivity index (χ4n) is 2.37. The molecule has 2 heterocycles. The Hall–Kier alpha value is -2.96. The number of nitrogen functional groups attached to an aromatic ring is 1. The number of nitrogens with two attached hydrogens (primary N) is 1. The molecule has 3 aromatic rings. The molecule has 0 aliphatic rings. The van der Waals surface area contributed by atoms with Crippen molar-refractivity contribution >= 4 is 40.5 Å². The van der Waals surface area contributed by atoms with E-state index in [1.807, 2.05) is 12.3 Å². The summed E-state index contributed by atoms with van der Waals surface area (Å²) in [6.07, 6.45) is 0. The zero-order valence-electron chi connectivity index (χ0n) is 14.7. The highest BCUT2D eigenvalue weighted by atomic mass is 32.2. The number of hydrogen-bond donors (Lipinski definition) is 2. The predicted molar refractivity (Wildman–Crippen MR) is 107 cm³/mol. The highest BCUT2D eigenvalue weighted by Gasteiger charge is 2.15. The molecule has 3 N–H and O–H groups in total. The first-order valence-electron chi connectivity index (χ1n) is 7.95. The number of carbonyl (C=O) groups excluding carboxylic acids is 1. The highest BCUT2D eigenvalue weighted by molar-refractivity contribution is 7.98. The fraction of sp³-hybridized carbons (Fsp3) is 0.167. The molecule has 0 saturated heterocycles. The molecule has 0 aliphatic heterocycles. The van der Waals surface area contributed by atoms with Crippen LogP contribution in [0.5, 0.6) is 0 Å². The van der Waals surface area contributed by atoms with E-state index in [0.717, 1.165) is 16.3 Å². The van der Waals surface area contributed by atoms with Crippen molar-refractivity contribution in [1.29, 1.82) is 5.26 Å². The van der Waals surface area contributed by atoms with E-state index in [1.165, 1.54) is 18.7 Å². The Bertz CT molecular complexity index is 1020. The maximum atomic E-state index is 11.1. The number of benzene rings is 1. The second-order valence-corrected chi connectivity index (χ2v) is 7.64. The molecule has 9 heteroatoms. The molecule has 0 aliphatic carbocycles. The number of aromatic nitrogens is 3. The number of thiazole rings is 1. The summed E-state index contributed by atoms with van der Waals surface area (Å²) < 4.78 is 0. The van der Waals surface area contributed by atoms with Gasteiger partial charge in [-0.25, -0.2) is 15.0 Å². The number of nitriles is 1. The van der Waals surface area contributed by atoms with Crippen LogP contribution in [0.1, 0.15) is 23.2 Å². The molecule has 0 fully saturated rings. The van der Waals surface area contributed by atoms with Crippen molar-refractivity contribution in [2.75, 3.05) is 11.1 Å². The standard InChI is InChI=1S/C18H16N6OS2/c1-10(25)21-13-5-3-12(4-6-13)16-15(7-19)17(20)24-18(23-16)27-9-14-8-26-11(2)22-14/h3-6,8H,9H2,1-2H3,(H,21,25)(H2,20,23,24). The zero-order valence-corrected chi connectivity index (χ0v) is 16.3. The van der Waals surface area contributed by atoms with Crippen LogP contribution in [-0.4, -0.2) is 20.9 Å². The Morgan fingerprint density at radius 3 is 2.63 bits per heavy atom. The second kappa shape index (κ2) is 8.16. The minimum absolute atomic E-state index is 0.144. The molecule has 27 heavy (non-hydrogen) atoms. The third kappa shape index (κ3) is 4.61. The lowest BCUT2D eigenvalue weighted by atomic mass is 10.1. The van der Waals surface area contributed by atoms with E-state index < -0.39 is 0 Å². The molecule has 0 atom stereocenters. The van der Waals surface area contributed by atoms with Gasteiger partial charge in [-0.3, -0.25) is 4.79 Å². The minimum atomic E-state index is -0.150. The van der Waals surface area contributed by atoms with Gasteiger partial charge in [0, 0.05) is 29.3 Å². The summed E-state index contributed by atoms with van der Waals surface area (Å²) in [6.45, 7) is 3.40. The number of hydrogen-bond acceptors (Lipinski definition) is 8. The molecule has 1 aromatic carbocycles. The van der Waals surface area contributed by atoms with Gasteiger partial charge in [0.2, 0.25) is 5.91 Å². The van der Waals surface area contributed by atoms with Gasteiger partial charge in [-0.1, -0.05) is 23.9 Å². The van der Waals surface area contributed by atoms with E-state index >= 15 is 0 Å². The lowest BCUT2D eigenvalue weighted by Crippen LogP contribution is -2.05. The molecule has 2 aromatic heterocycles. The lowest BCUT2D eigenvalue weighted by Gasteiger charge is -2.09. The smallest absolute Gasteiger partial charge is 0.221 e. The summed E-state index contributed by atoms with van der Waals surface area (Å²) >= 11 is 3.01. The monoisotopic (exact) mass is 396 g/mol. The molecule has 0 bridgehead atoms. The molecule has 0 spiro atoms. The molecule has 1 amide bonds. The average Bonchev–Trinajstić information content (AvgIpc) is 3.05. The van der Waals surface area contributed by atoms with Gasteiger partial charge in [0.15, 0.2) is 5.16 Å². The van der Waals surface area contributed by atoms with Gasteiger partial charge in [-0.2, -0.15) is 5.26 Å². The predicted octanol–water partition coefficient (Wildman–Crippen LogP) is 3.61. The lowest BCUT2D eigenvalue weighted by molar-refractivity contribution is -0.114. The summed E-state index contributed by atoms with van der Waals surface area (Å²) in [5.74, 6) is 0.615. The van der Waals surface area contributed by atoms with Crippen molar-refractivity contribution < 1.29 is 4.79 Å². The van der Waals surface area contributed by atoms with E-state index in [1.54, 1.807) is 35.6 Å². The van der Waals surface area contributed by atoms with Gasteiger partial charge < -0.3 is 11.1 Å². The highest BCUT2D eigenvalue weighted by Crippen LogP contribution is 2.29. The molecule has 0 saturated carbocycles. The fourth-order valence-corrected chi connectivity index (χ4v) is 3.83. The van der Waals surface area contributed by atoms with Crippen LogP contribution >= 0.6 is 23.1 Å². The normalized spacial score (nSPS) is 10.4. The van der Waals surface area contributed by atoms with Gasteiger partial charge in [0.25, 0.3) is 0 Å². The Balaban J connectivity index is 1.90. The van der Waals surface area contributed by atoms with Crippen molar-refractivity contribution in [2.45, 2.75) is 24.8 Å². The van der Waals surface area contributed by atoms with Crippen LogP contribution in [0.15, 0.2) is 34.8 Å². The summed E-state index contributed by atoms with van der Waals surface area (Å²) in [4.78, 5) is 24.3. The number of nitrogens with zero attached hydrogens (tertiary/aromatic N) is 4. The molecule has 3 rings (SSSR count). The number of aryl methyl sites for hydroxylation is 1. The first-order valence-corrected chi connectivity index (χ1v) is 9.82. The zero-order chi connectivity index (χ0) is 19.4. The first kappa shape index (κ1) is 18.8. The Morgan fingerprint density at radius 1 is 1.30 bits per heavy atom. The van der Waals surface area contributed by atoms with Crippen molar-refractivity contribution in [2.24, 2.45) is 0 Å². The quantitative estimate of drug-likeness (QED) is 0.499. The van der Waals surface area contributed by atoms with E-state index in [0.29, 0.717) is 22.3 Å². The van der Waals surface area contributed by atoms with Crippen molar-refractivity contribution in [3.63, 3.8) is 0 Å². The number of carbonyl (C=O) groups is 1. The molecule has 136 valence electrons. The Morgan fingerprint density at radius 2 is 2.04 bits per heavy atom. The van der Waals surface area contributed by atoms with Crippen LogP contribution in [0.2, 0.25) is 0 Å². The van der Waals surface area contributed by atoms with Crippen LogP contribution in [0, 0.1) is 18.3 Å². The van der Waals surface area contributed by atoms with Crippen LogP contribution in [-0.2, 0) is 10.5 Å². The van der Waals surface area contributed by atoms with Gasteiger partial charge in [0.05, 0.1) is 16.4 Å². The average molecular weight is 397 g/mol. The van der Waals surface area contributed by atoms with E-state index in [2.05, 4.69) is 26.3 Å². The van der Waals surface area contributed by atoms with Crippen LogP contribution in [0.3, 0.4) is 0 Å². The van der Waals surface area contributed by atoms with E-state index in [-0.39, 0.29) is 17.3 Å². The largest absolute Gasteiger partial charge is 0.382 e. The van der Waals surface area contributed by atoms with Crippen LogP contribution in [0.25, 0.3) is 11.3 Å². The molecule has 0 radical (unpaired) electrons. The SMILES string of the molecule is CC(=O)Nc1ccc(-c2nc(SCc3csc(C)n3)nc(N)c2C#N)cc1. The topological polar surface area (TPSA) is 118 Å². The molecule has 0 unspecified atom stereocenters. The minimum Gasteiger partial charge on any atom is -0.382 e. The maximum absolute atomic E-state index is 11.1. The summed E-state index contributed by atoms with van der Waals surface area (Å²) in [7, 11) is 0. The number of nitrogens with one attached hydrogen (secondary N) is 1. The number of rotatable bonds is 5. The number of amides is 1. The van der Waals surface area contributed by atoms with Crippen LogP contribution < -0.4 is 11.1 Å². The van der Waals surface area contributed by atoms with Gasteiger partial charge in [0.1, 0.15) is 17.5 Å².